The number of hydrogen-bond donors (Lipinski definition) is 0. The third-order valence-corrected chi connectivity index (χ3v) is 6.92. The van der Waals surface area contributed by atoms with E-state index in [9.17, 15) is 10.5 Å². The first-order chi connectivity index (χ1) is 20.5. The highest BCUT2D eigenvalue weighted by Crippen LogP contribution is 2.23. The second-order valence-electron chi connectivity index (χ2n) is 10.3. The van der Waals surface area contributed by atoms with Crippen molar-refractivity contribution in [1.82, 2.24) is 0 Å². The molecule has 0 aliphatic heterocycles. The summed E-state index contributed by atoms with van der Waals surface area (Å²) >= 11 is 0. The Bertz CT molecular complexity index is 1440. The first-order valence-corrected chi connectivity index (χ1v) is 14.4. The van der Waals surface area contributed by atoms with Crippen LogP contribution in [0.5, 0.6) is 11.5 Å². The molecule has 210 valence electrons. The number of nitriles is 2. The van der Waals surface area contributed by atoms with Gasteiger partial charge in [-0.05, 0) is 122 Å². The van der Waals surface area contributed by atoms with E-state index >= 15 is 0 Å². The van der Waals surface area contributed by atoms with Gasteiger partial charge in [0.15, 0.2) is 0 Å². The highest BCUT2D eigenvalue weighted by molar-refractivity contribution is 5.90. The van der Waals surface area contributed by atoms with E-state index < -0.39 is 0 Å². The third-order valence-electron chi connectivity index (χ3n) is 6.92. The van der Waals surface area contributed by atoms with E-state index in [2.05, 4.69) is 12.1 Å². The average Bonchev–Trinajstić information content (AvgIpc) is 3.02. The van der Waals surface area contributed by atoms with E-state index in [1.807, 2.05) is 123 Å². The first kappa shape index (κ1) is 29.9. The summed E-state index contributed by atoms with van der Waals surface area (Å²) in [4.78, 5) is 0. The normalized spacial score (nSPS) is 11.4. The van der Waals surface area contributed by atoms with E-state index in [1.165, 1.54) is 11.1 Å². The molecule has 0 aliphatic carbocycles. The zero-order chi connectivity index (χ0) is 29.6. The van der Waals surface area contributed by atoms with Crippen LogP contribution in [0.15, 0.2) is 97.1 Å². The number of unbranched alkanes of at least 4 members (excludes halogenated alkanes) is 3. The number of nitrogens with zero attached hydrogens (tertiary/aromatic N) is 2. The van der Waals surface area contributed by atoms with Crippen LogP contribution in [0.4, 0.5) is 0 Å². The highest BCUT2D eigenvalue weighted by atomic mass is 16.5. The number of ether oxygens (including phenoxy) is 2. The molecule has 4 aromatic carbocycles. The predicted octanol–water partition coefficient (Wildman–Crippen LogP) is 9.45. The van der Waals surface area contributed by atoms with E-state index in [0.717, 1.165) is 59.4 Å². The van der Waals surface area contributed by atoms with Gasteiger partial charge in [0.25, 0.3) is 0 Å². The zero-order valence-electron chi connectivity index (χ0n) is 24.3. The van der Waals surface area contributed by atoms with Crippen LogP contribution in [-0.2, 0) is 0 Å². The molecule has 4 heteroatoms. The Hall–Kier alpha value is -5.06. The second kappa shape index (κ2) is 15.7. The fourth-order valence-corrected chi connectivity index (χ4v) is 4.42. The van der Waals surface area contributed by atoms with Gasteiger partial charge in [0.2, 0.25) is 0 Å². The smallest absolute Gasteiger partial charge is 0.119 e. The van der Waals surface area contributed by atoms with E-state index in [-0.39, 0.29) is 0 Å². The van der Waals surface area contributed by atoms with E-state index in [4.69, 9.17) is 9.47 Å². The van der Waals surface area contributed by atoms with Crippen LogP contribution >= 0.6 is 0 Å². The Labute approximate surface area is 249 Å². The van der Waals surface area contributed by atoms with Gasteiger partial charge in [0.05, 0.1) is 36.5 Å². The molecule has 0 amide bonds. The van der Waals surface area contributed by atoms with Gasteiger partial charge in [-0.25, -0.2) is 0 Å². The third kappa shape index (κ3) is 9.26. The Balaban J connectivity index is 1.13. The monoisotopic (exact) mass is 552 g/mol. The zero-order valence-corrected chi connectivity index (χ0v) is 24.3. The number of hydrogen-bond acceptors (Lipinski definition) is 4. The summed E-state index contributed by atoms with van der Waals surface area (Å²) in [6, 6.07) is 36.3. The average molecular weight is 553 g/mol. The molecule has 4 nitrogen and oxygen atoms in total. The maximum atomic E-state index is 9.61. The van der Waals surface area contributed by atoms with Crippen molar-refractivity contribution >= 4 is 23.3 Å². The van der Waals surface area contributed by atoms with Gasteiger partial charge in [0.1, 0.15) is 11.5 Å². The van der Waals surface area contributed by atoms with Crippen molar-refractivity contribution in [2.75, 3.05) is 13.2 Å². The molecule has 0 saturated carbocycles. The lowest BCUT2D eigenvalue weighted by molar-refractivity contribution is 0.287. The summed E-state index contributed by atoms with van der Waals surface area (Å²) in [5.41, 5.74) is 7.43. The van der Waals surface area contributed by atoms with Crippen molar-refractivity contribution in [3.05, 3.63) is 130 Å². The Kier molecular flexibility index (Phi) is 11.1. The van der Waals surface area contributed by atoms with Gasteiger partial charge in [-0.2, -0.15) is 10.5 Å². The standard InChI is InChI=1S/C38H36N2O2/c1-29-7-11-31(12-8-29)25-35(27-39)33-15-19-37(20-16-33)41-23-5-3-4-6-24-42-38-21-17-34(18-22-38)36(28-40)26-32-13-9-30(2)10-14-32/h7-22,25-26H,3-6,23-24H2,1-2H3/b35-25-,36-26+. The Morgan fingerprint density at radius 2 is 0.881 bits per heavy atom. The van der Waals surface area contributed by atoms with Crippen molar-refractivity contribution < 1.29 is 9.47 Å². The molecule has 0 heterocycles. The van der Waals surface area contributed by atoms with Crippen LogP contribution in [0.1, 0.15) is 59.1 Å². The van der Waals surface area contributed by atoms with Gasteiger partial charge in [-0.15, -0.1) is 0 Å². The second-order valence-corrected chi connectivity index (χ2v) is 10.3. The van der Waals surface area contributed by atoms with Crippen LogP contribution in [-0.4, -0.2) is 13.2 Å². The van der Waals surface area contributed by atoms with Crippen molar-refractivity contribution in [3.63, 3.8) is 0 Å². The first-order valence-electron chi connectivity index (χ1n) is 14.4. The molecular weight excluding hydrogens is 516 g/mol. The molecule has 42 heavy (non-hydrogen) atoms. The molecule has 0 spiro atoms. The summed E-state index contributed by atoms with van der Waals surface area (Å²) in [5.74, 6) is 1.62. The maximum absolute atomic E-state index is 9.61. The SMILES string of the molecule is Cc1ccc(/C=C(\C#N)c2ccc(OCCCCCCOc3ccc(/C(C#N)=C\c4ccc(C)cc4)cc3)cc2)cc1. The molecule has 0 fully saturated rings. The largest absolute Gasteiger partial charge is 0.494 e. The topological polar surface area (TPSA) is 66.0 Å². The number of benzene rings is 4. The minimum atomic E-state index is 0.630. The molecule has 0 aliphatic rings. The number of aryl methyl sites for hydroxylation is 2. The lowest BCUT2D eigenvalue weighted by atomic mass is 10.0. The van der Waals surface area contributed by atoms with Gasteiger partial charge in [-0.3, -0.25) is 0 Å². The minimum absolute atomic E-state index is 0.630. The highest BCUT2D eigenvalue weighted by Gasteiger charge is 2.04. The van der Waals surface area contributed by atoms with Crippen LogP contribution in [0.3, 0.4) is 0 Å². The van der Waals surface area contributed by atoms with Crippen molar-refractivity contribution in [1.29, 1.82) is 10.5 Å². The molecular formula is C38H36N2O2. The number of allylic oxidation sites excluding steroid dienone is 2. The molecule has 0 radical (unpaired) electrons. The fraction of sp³-hybridized carbons (Fsp3) is 0.211. The molecule has 0 aromatic heterocycles. The Morgan fingerprint density at radius 1 is 0.524 bits per heavy atom. The van der Waals surface area contributed by atoms with Gasteiger partial charge in [0, 0.05) is 0 Å². The summed E-state index contributed by atoms with van der Waals surface area (Å²) in [6.45, 7) is 5.41. The predicted molar refractivity (Wildman–Crippen MR) is 172 cm³/mol. The summed E-state index contributed by atoms with van der Waals surface area (Å²) in [6.07, 6.45) is 7.88. The molecule has 4 aromatic rings. The molecule has 0 atom stereocenters. The van der Waals surface area contributed by atoms with Crippen molar-refractivity contribution in [3.8, 4) is 23.6 Å². The van der Waals surface area contributed by atoms with Gasteiger partial charge >= 0.3 is 0 Å². The lowest BCUT2D eigenvalue weighted by Crippen LogP contribution is -2.00. The maximum Gasteiger partial charge on any atom is 0.119 e. The van der Waals surface area contributed by atoms with Crippen molar-refractivity contribution in [2.45, 2.75) is 39.5 Å². The summed E-state index contributed by atoms with van der Waals surface area (Å²) < 4.78 is 11.8. The minimum Gasteiger partial charge on any atom is -0.494 e. The van der Waals surface area contributed by atoms with Crippen LogP contribution in [0.25, 0.3) is 23.3 Å². The molecule has 0 saturated heterocycles. The molecule has 0 N–H and O–H groups in total. The van der Waals surface area contributed by atoms with Crippen LogP contribution < -0.4 is 9.47 Å². The summed E-state index contributed by atoms with van der Waals surface area (Å²) in [5, 5.41) is 19.2. The number of rotatable bonds is 13. The lowest BCUT2D eigenvalue weighted by Gasteiger charge is -2.09. The quantitative estimate of drug-likeness (QED) is 0.0941. The van der Waals surface area contributed by atoms with E-state index in [0.29, 0.717) is 24.4 Å². The Morgan fingerprint density at radius 3 is 1.21 bits per heavy atom. The molecule has 0 unspecified atom stereocenters. The molecule has 0 bridgehead atoms. The molecule has 4 rings (SSSR count). The van der Waals surface area contributed by atoms with Gasteiger partial charge in [-0.1, -0.05) is 59.7 Å². The van der Waals surface area contributed by atoms with E-state index in [1.54, 1.807) is 0 Å². The van der Waals surface area contributed by atoms with Gasteiger partial charge < -0.3 is 9.47 Å². The van der Waals surface area contributed by atoms with Crippen LogP contribution in [0, 0.1) is 36.5 Å². The summed E-state index contributed by atoms with van der Waals surface area (Å²) in [7, 11) is 0. The fourth-order valence-electron chi connectivity index (χ4n) is 4.42. The van der Waals surface area contributed by atoms with Crippen LogP contribution in [0.2, 0.25) is 0 Å². The van der Waals surface area contributed by atoms with Crippen molar-refractivity contribution in [2.24, 2.45) is 0 Å².